The van der Waals surface area contributed by atoms with Crippen LogP contribution in [0.25, 0.3) is 0 Å². The van der Waals surface area contributed by atoms with Crippen LogP contribution < -0.4 is 5.73 Å². The molecule has 0 atom stereocenters. The van der Waals surface area contributed by atoms with Crippen LogP contribution in [-0.4, -0.2) is 53.6 Å². The third-order valence-corrected chi connectivity index (χ3v) is 9.04. The van der Waals surface area contributed by atoms with Crippen LogP contribution in [0.2, 0.25) is 0 Å². The highest BCUT2D eigenvalue weighted by Gasteiger charge is 2.14. The second-order valence-corrected chi connectivity index (χ2v) is 13.5. The molecular formula is C19H28Br2ClN3O4S2. The number of halogens is 3. The zero-order valence-electron chi connectivity index (χ0n) is 18.2. The first-order valence-corrected chi connectivity index (χ1v) is 14.2. The Bertz CT molecular complexity index is 1080. The average molecular weight is 622 g/mol. The van der Waals surface area contributed by atoms with E-state index in [4.69, 9.17) is 16.4 Å². The van der Waals surface area contributed by atoms with Crippen molar-refractivity contribution in [2.24, 2.45) is 0 Å². The molecule has 0 aromatic heterocycles. The van der Waals surface area contributed by atoms with Crippen LogP contribution in [0.5, 0.6) is 0 Å². The first-order valence-electron chi connectivity index (χ1n) is 8.76. The Labute approximate surface area is 207 Å². The van der Waals surface area contributed by atoms with Gasteiger partial charge in [0, 0.05) is 53.5 Å². The number of nitrogens with two attached hydrogens (primary N) is 1. The molecule has 2 N–H and O–H groups in total. The van der Waals surface area contributed by atoms with Crippen LogP contribution in [-0.2, 0) is 25.0 Å². The van der Waals surface area contributed by atoms with Crippen molar-refractivity contribution in [1.82, 2.24) is 8.61 Å². The van der Waals surface area contributed by atoms with Crippen LogP contribution in [0.4, 0.5) is 5.69 Å². The van der Waals surface area contributed by atoms with E-state index in [1.807, 2.05) is 50.2 Å². The van der Waals surface area contributed by atoms with Crippen LogP contribution in [0.1, 0.15) is 16.7 Å². The lowest BCUT2D eigenvalue weighted by Gasteiger charge is -2.11. The Balaban J connectivity index is 0.000000479. The third-order valence-electron chi connectivity index (χ3n) is 3.75. The van der Waals surface area contributed by atoms with E-state index in [9.17, 15) is 16.8 Å². The fourth-order valence-electron chi connectivity index (χ4n) is 1.80. The Kier molecular flexibility index (Phi) is 12.8. The molecule has 0 aliphatic rings. The summed E-state index contributed by atoms with van der Waals surface area (Å²) in [4.78, 5) is 0. The van der Waals surface area contributed by atoms with Crippen LogP contribution >= 0.6 is 42.5 Å². The molecule has 0 unspecified atom stereocenters. The number of benzene rings is 2. The summed E-state index contributed by atoms with van der Waals surface area (Å²) >= 11 is 6.75. The van der Waals surface area contributed by atoms with Crippen molar-refractivity contribution >= 4 is 67.5 Å². The number of hydrogen-bond acceptors (Lipinski definition) is 5. The van der Waals surface area contributed by atoms with E-state index in [0.717, 1.165) is 30.1 Å². The third kappa shape index (κ3) is 12.2. The summed E-state index contributed by atoms with van der Waals surface area (Å²) in [7, 11) is 3.98. The van der Waals surface area contributed by atoms with Gasteiger partial charge in [-0.3, -0.25) is 0 Å². The molecule has 0 fully saturated rings. The summed E-state index contributed by atoms with van der Waals surface area (Å²) in [5, 5.41) is 0. The summed E-state index contributed by atoms with van der Waals surface area (Å²) in [5.41, 5.74) is 9.35. The summed E-state index contributed by atoms with van der Waals surface area (Å²) in [5.74, 6) is 0.0497. The summed E-state index contributed by atoms with van der Waals surface area (Å²) in [6.07, 6.45) is 0. The number of nitrogen functional groups attached to an aromatic ring is 1. The first kappa shape index (κ1) is 30.3. The molecule has 2 aromatic rings. The van der Waals surface area contributed by atoms with Crippen molar-refractivity contribution in [3.05, 3.63) is 62.0 Å². The maximum absolute atomic E-state index is 11.6. The van der Waals surface area contributed by atoms with E-state index in [1.54, 1.807) is 14.1 Å². The van der Waals surface area contributed by atoms with Crippen molar-refractivity contribution in [2.45, 2.75) is 19.6 Å². The molecule has 0 heterocycles. The smallest absolute Gasteiger partial charge is 0.299 e. The normalized spacial score (nSPS) is 11.5. The molecule has 0 amide bonds. The van der Waals surface area contributed by atoms with Gasteiger partial charge in [0.15, 0.2) is 0 Å². The van der Waals surface area contributed by atoms with Crippen LogP contribution in [0, 0.1) is 13.8 Å². The highest BCUT2D eigenvalue weighted by atomic mass is 79.9. The molecule has 12 heteroatoms. The lowest BCUT2D eigenvalue weighted by molar-refractivity contribution is 0.519. The minimum absolute atomic E-state index is 0.0497. The minimum Gasteiger partial charge on any atom is -0.399 e. The maximum atomic E-state index is 11.6. The Morgan fingerprint density at radius 1 is 0.839 bits per heavy atom. The number of nitrogens with zero attached hydrogens (tertiary/aromatic N) is 2. The highest BCUT2D eigenvalue weighted by molar-refractivity contribution is 9.10. The second-order valence-electron chi connectivity index (χ2n) is 6.86. The molecule has 7 nitrogen and oxygen atoms in total. The molecule has 0 aliphatic carbocycles. The lowest BCUT2D eigenvalue weighted by Crippen LogP contribution is -2.23. The van der Waals surface area contributed by atoms with E-state index in [0.29, 0.717) is 0 Å². The number of sulfonamides is 1. The van der Waals surface area contributed by atoms with Gasteiger partial charge in [-0.05, 0) is 54.8 Å². The Morgan fingerprint density at radius 2 is 1.26 bits per heavy atom. The van der Waals surface area contributed by atoms with Gasteiger partial charge < -0.3 is 5.73 Å². The molecule has 0 aliphatic heterocycles. The molecule has 0 radical (unpaired) electrons. The van der Waals surface area contributed by atoms with Gasteiger partial charge in [-0.2, -0.15) is 12.7 Å². The van der Waals surface area contributed by atoms with E-state index in [1.165, 1.54) is 24.0 Å². The molecule has 0 saturated heterocycles. The predicted molar refractivity (Wildman–Crippen MR) is 137 cm³/mol. The maximum Gasteiger partial charge on any atom is 0.299 e. The fourth-order valence-corrected chi connectivity index (χ4v) is 3.16. The first-order chi connectivity index (χ1) is 14.0. The van der Waals surface area contributed by atoms with Crippen molar-refractivity contribution < 1.29 is 16.8 Å². The molecule has 0 saturated carbocycles. The molecule has 31 heavy (non-hydrogen) atoms. The zero-order valence-corrected chi connectivity index (χ0v) is 23.8. The average Bonchev–Trinajstić information content (AvgIpc) is 2.61. The van der Waals surface area contributed by atoms with E-state index < -0.39 is 19.3 Å². The summed E-state index contributed by atoms with van der Waals surface area (Å²) in [6.45, 7) is 3.95. The van der Waals surface area contributed by atoms with Gasteiger partial charge in [-0.15, -0.1) is 0 Å². The van der Waals surface area contributed by atoms with E-state index in [2.05, 4.69) is 31.9 Å². The van der Waals surface area contributed by atoms with Crippen LogP contribution in [0.3, 0.4) is 0 Å². The standard InChI is InChI=1S/C10H14BrNO2S.C7H8BrN.C2H6ClNO2S/c1-8-6-9(4-5-10(8)11)7-15(13,14)12(2)3;1-5-4-6(9)2-3-7(5)8;1-4(2)7(3,5)6/h4-6H,7H2,1-3H3;2-4H,9H2,1H3;1-2H3. The summed E-state index contributed by atoms with van der Waals surface area (Å²) in [6, 6.07) is 11.3. The van der Waals surface area contributed by atoms with Gasteiger partial charge in [0.1, 0.15) is 0 Å². The predicted octanol–water partition coefficient (Wildman–Crippen LogP) is 4.52. The van der Waals surface area contributed by atoms with Crippen molar-refractivity contribution in [3.63, 3.8) is 0 Å². The Morgan fingerprint density at radius 3 is 1.58 bits per heavy atom. The quantitative estimate of drug-likeness (QED) is 0.400. The number of hydrogen-bond donors (Lipinski definition) is 1. The topological polar surface area (TPSA) is 101 Å². The van der Waals surface area contributed by atoms with Crippen molar-refractivity contribution in [2.75, 3.05) is 33.9 Å². The number of rotatable bonds is 4. The van der Waals surface area contributed by atoms with Gasteiger partial charge in [0.05, 0.1) is 5.75 Å². The molecule has 2 rings (SSSR count). The van der Waals surface area contributed by atoms with Crippen LogP contribution in [0.15, 0.2) is 45.3 Å². The molecule has 0 bridgehead atoms. The Hall–Kier alpha value is -0.690. The zero-order chi connectivity index (χ0) is 24.6. The number of anilines is 1. The minimum atomic E-state index is -3.44. The van der Waals surface area contributed by atoms with Gasteiger partial charge in [-0.25, -0.2) is 12.7 Å². The van der Waals surface area contributed by atoms with Crippen molar-refractivity contribution in [1.29, 1.82) is 0 Å². The van der Waals surface area contributed by atoms with Gasteiger partial charge >= 0.3 is 0 Å². The summed E-state index contributed by atoms with van der Waals surface area (Å²) < 4.78 is 47.5. The SMILES string of the molecule is CN(C)S(=O)(=O)Cl.Cc1cc(CS(=O)(=O)N(C)C)ccc1Br.Cc1cc(N)ccc1Br. The van der Waals surface area contributed by atoms with Gasteiger partial charge in [-0.1, -0.05) is 44.0 Å². The van der Waals surface area contributed by atoms with E-state index in [-0.39, 0.29) is 5.75 Å². The molecule has 0 spiro atoms. The largest absolute Gasteiger partial charge is 0.399 e. The molecule has 2 aromatic carbocycles. The van der Waals surface area contributed by atoms with Gasteiger partial charge in [0.25, 0.3) is 9.24 Å². The van der Waals surface area contributed by atoms with Gasteiger partial charge in [0.2, 0.25) is 10.0 Å². The van der Waals surface area contributed by atoms with Crippen molar-refractivity contribution in [3.8, 4) is 0 Å². The lowest BCUT2D eigenvalue weighted by atomic mass is 10.2. The number of aryl methyl sites for hydroxylation is 2. The molecule has 176 valence electrons. The fraction of sp³-hybridized carbons (Fsp3) is 0.368. The monoisotopic (exact) mass is 619 g/mol. The second kappa shape index (κ2) is 13.1. The molecular weight excluding hydrogens is 594 g/mol. The highest BCUT2D eigenvalue weighted by Crippen LogP contribution is 2.19. The van der Waals surface area contributed by atoms with E-state index >= 15 is 0 Å².